The Morgan fingerprint density at radius 1 is 1.29 bits per heavy atom. The SMILES string of the molecule is O=C(Cc1cccnc1)Nc1cc2c(cc1Br)OCCO2. The fourth-order valence-electron chi connectivity index (χ4n) is 2.04. The summed E-state index contributed by atoms with van der Waals surface area (Å²) in [5.41, 5.74) is 1.52. The van der Waals surface area contributed by atoms with E-state index in [0.717, 1.165) is 10.0 Å². The molecule has 1 aromatic carbocycles. The minimum absolute atomic E-state index is 0.111. The van der Waals surface area contributed by atoms with Crippen LogP contribution in [-0.4, -0.2) is 24.1 Å². The van der Waals surface area contributed by atoms with E-state index in [2.05, 4.69) is 26.2 Å². The number of fused-ring (bicyclic) bond motifs is 1. The van der Waals surface area contributed by atoms with Gasteiger partial charge in [0.2, 0.25) is 5.91 Å². The highest BCUT2D eigenvalue weighted by molar-refractivity contribution is 9.10. The van der Waals surface area contributed by atoms with E-state index in [-0.39, 0.29) is 12.3 Å². The summed E-state index contributed by atoms with van der Waals surface area (Å²) >= 11 is 3.43. The second-order valence-electron chi connectivity index (χ2n) is 4.56. The second kappa shape index (κ2) is 6.13. The highest BCUT2D eigenvalue weighted by Gasteiger charge is 2.16. The molecule has 1 amide bonds. The molecule has 21 heavy (non-hydrogen) atoms. The van der Waals surface area contributed by atoms with Gasteiger partial charge >= 0.3 is 0 Å². The van der Waals surface area contributed by atoms with Gasteiger partial charge in [-0.15, -0.1) is 0 Å². The van der Waals surface area contributed by atoms with Gasteiger partial charge in [0, 0.05) is 29.0 Å². The summed E-state index contributed by atoms with van der Waals surface area (Å²) in [6.07, 6.45) is 3.63. The number of rotatable bonds is 3. The molecule has 6 heteroatoms. The topological polar surface area (TPSA) is 60.5 Å². The van der Waals surface area contributed by atoms with Crippen molar-refractivity contribution < 1.29 is 14.3 Å². The lowest BCUT2D eigenvalue weighted by Crippen LogP contribution is -2.17. The zero-order valence-corrected chi connectivity index (χ0v) is 12.7. The van der Waals surface area contributed by atoms with Crippen LogP contribution in [0.2, 0.25) is 0 Å². The van der Waals surface area contributed by atoms with Crippen LogP contribution in [0.15, 0.2) is 41.1 Å². The molecule has 0 atom stereocenters. The number of amides is 1. The van der Waals surface area contributed by atoms with Crippen molar-refractivity contribution in [1.29, 1.82) is 0 Å². The normalized spacial score (nSPS) is 12.8. The van der Waals surface area contributed by atoms with Crippen LogP contribution in [0.25, 0.3) is 0 Å². The molecule has 1 N–H and O–H groups in total. The molecule has 2 heterocycles. The molecule has 0 fully saturated rings. The molecule has 2 aromatic rings. The van der Waals surface area contributed by atoms with Crippen molar-refractivity contribution in [3.63, 3.8) is 0 Å². The molecule has 1 aliphatic rings. The Hall–Kier alpha value is -2.08. The summed E-state index contributed by atoms with van der Waals surface area (Å²) in [4.78, 5) is 16.1. The molecule has 0 aliphatic carbocycles. The summed E-state index contributed by atoms with van der Waals surface area (Å²) in [5, 5.41) is 2.86. The molecule has 0 bridgehead atoms. The largest absolute Gasteiger partial charge is 0.486 e. The molecule has 0 unspecified atom stereocenters. The van der Waals surface area contributed by atoms with Crippen molar-refractivity contribution >= 4 is 27.5 Å². The van der Waals surface area contributed by atoms with Crippen LogP contribution < -0.4 is 14.8 Å². The molecule has 0 saturated carbocycles. The summed E-state index contributed by atoms with van der Waals surface area (Å²) in [6.45, 7) is 1.05. The van der Waals surface area contributed by atoms with Gasteiger partial charge in [0.25, 0.3) is 0 Å². The van der Waals surface area contributed by atoms with Crippen molar-refractivity contribution in [2.45, 2.75) is 6.42 Å². The van der Waals surface area contributed by atoms with E-state index in [4.69, 9.17) is 9.47 Å². The molecule has 0 spiro atoms. The molecular formula is C15H13BrN2O3. The van der Waals surface area contributed by atoms with Crippen molar-refractivity contribution in [2.24, 2.45) is 0 Å². The van der Waals surface area contributed by atoms with Crippen molar-refractivity contribution in [3.8, 4) is 11.5 Å². The van der Waals surface area contributed by atoms with Gasteiger partial charge in [0.15, 0.2) is 11.5 Å². The Balaban J connectivity index is 1.74. The maximum Gasteiger partial charge on any atom is 0.228 e. The van der Waals surface area contributed by atoms with Gasteiger partial charge in [-0.25, -0.2) is 0 Å². The van der Waals surface area contributed by atoms with E-state index in [0.29, 0.717) is 30.4 Å². The maximum atomic E-state index is 12.1. The number of carbonyl (C=O) groups excluding carboxylic acids is 1. The van der Waals surface area contributed by atoms with Gasteiger partial charge in [-0.1, -0.05) is 6.07 Å². The van der Waals surface area contributed by atoms with Gasteiger partial charge < -0.3 is 14.8 Å². The van der Waals surface area contributed by atoms with Crippen LogP contribution in [0.4, 0.5) is 5.69 Å². The third kappa shape index (κ3) is 3.33. The number of carbonyl (C=O) groups is 1. The highest BCUT2D eigenvalue weighted by atomic mass is 79.9. The zero-order valence-electron chi connectivity index (χ0n) is 11.1. The number of aromatic nitrogens is 1. The van der Waals surface area contributed by atoms with E-state index >= 15 is 0 Å². The van der Waals surface area contributed by atoms with Crippen LogP contribution in [0.5, 0.6) is 11.5 Å². The Labute approximate surface area is 130 Å². The first-order valence-electron chi connectivity index (χ1n) is 6.50. The number of anilines is 1. The summed E-state index contributed by atoms with van der Waals surface area (Å²) < 4.78 is 11.8. The molecule has 1 aromatic heterocycles. The van der Waals surface area contributed by atoms with Gasteiger partial charge in [-0.3, -0.25) is 9.78 Å². The van der Waals surface area contributed by atoms with Crippen LogP contribution in [0.3, 0.4) is 0 Å². The molecular weight excluding hydrogens is 336 g/mol. The molecule has 108 valence electrons. The number of ether oxygens (including phenoxy) is 2. The van der Waals surface area contributed by atoms with Gasteiger partial charge in [-0.05, 0) is 27.6 Å². The summed E-state index contributed by atoms with van der Waals surface area (Å²) in [5.74, 6) is 1.21. The maximum absolute atomic E-state index is 12.1. The van der Waals surface area contributed by atoms with E-state index in [1.54, 1.807) is 24.5 Å². The monoisotopic (exact) mass is 348 g/mol. The Morgan fingerprint density at radius 3 is 2.76 bits per heavy atom. The highest BCUT2D eigenvalue weighted by Crippen LogP contribution is 2.38. The van der Waals surface area contributed by atoms with Gasteiger partial charge in [0.1, 0.15) is 13.2 Å². The average Bonchev–Trinajstić information content (AvgIpc) is 2.49. The first-order chi connectivity index (χ1) is 10.2. The van der Waals surface area contributed by atoms with Crippen molar-refractivity contribution in [1.82, 2.24) is 4.98 Å². The average molecular weight is 349 g/mol. The molecule has 3 rings (SSSR count). The first kappa shape index (κ1) is 13.9. The smallest absolute Gasteiger partial charge is 0.228 e. The number of hydrogen-bond acceptors (Lipinski definition) is 4. The summed E-state index contributed by atoms with van der Waals surface area (Å²) in [6, 6.07) is 7.24. The third-order valence-corrected chi connectivity index (χ3v) is 3.65. The molecule has 5 nitrogen and oxygen atoms in total. The minimum Gasteiger partial charge on any atom is -0.486 e. The predicted molar refractivity (Wildman–Crippen MR) is 81.7 cm³/mol. The second-order valence-corrected chi connectivity index (χ2v) is 5.42. The number of nitrogens with one attached hydrogen (secondary N) is 1. The number of hydrogen-bond donors (Lipinski definition) is 1. The predicted octanol–water partition coefficient (Wildman–Crippen LogP) is 2.80. The Kier molecular flexibility index (Phi) is 4.06. The van der Waals surface area contributed by atoms with E-state index in [9.17, 15) is 4.79 Å². The van der Waals surface area contributed by atoms with E-state index < -0.39 is 0 Å². The number of benzene rings is 1. The number of nitrogens with zero attached hydrogens (tertiary/aromatic N) is 1. The lowest BCUT2D eigenvalue weighted by atomic mass is 10.2. The van der Waals surface area contributed by atoms with Crippen LogP contribution >= 0.6 is 15.9 Å². The van der Waals surface area contributed by atoms with E-state index in [1.807, 2.05) is 12.1 Å². The zero-order chi connectivity index (χ0) is 14.7. The van der Waals surface area contributed by atoms with Crippen molar-refractivity contribution in [3.05, 3.63) is 46.7 Å². The quantitative estimate of drug-likeness (QED) is 0.926. The lowest BCUT2D eigenvalue weighted by Gasteiger charge is -2.20. The standard InChI is InChI=1S/C15H13BrN2O3/c16-11-7-13-14(21-5-4-20-13)8-12(11)18-15(19)6-10-2-1-3-17-9-10/h1-3,7-9H,4-6H2,(H,18,19). The molecule has 0 saturated heterocycles. The Bertz CT molecular complexity index is 661. The summed E-state index contributed by atoms with van der Waals surface area (Å²) in [7, 11) is 0. The fourth-order valence-corrected chi connectivity index (χ4v) is 2.46. The Morgan fingerprint density at radius 2 is 2.05 bits per heavy atom. The number of pyridine rings is 1. The van der Waals surface area contributed by atoms with Gasteiger partial charge in [-0.2, -0.15) is 0 Å². The minimum atomic E-state index is -0.111. The third-order valence-electron chi connectivity index (χ3n) is 2.99. The molecule has 0 radical (unpaired) electrons. The van der Waals surface area contributed by atoms with Crippen LogP contribution in [-0.2, 0) is 11.2 Å². The first-order valence-corrected chi connectivity index (χ1v) is 7.29. The van der Waals surface area contributed by atoms with Crippen LogP contribution in [0, 0.1) is 0 Å². The van der Waals surface area contributed by atoms with Crippen LogP contribution in [0.1, 0.15) is 5.56 Å². The van der Waals surface area contributed by atoms with Crippen molar-refractivity contribution in [2.75, 3.05) is 18.5 Å². The molecule has 1 aliphatic heterocycles. The van der Waals surface area contributed by atoms with Gasteiger partial charge in [0.05, 0.1) is 12.1 Å². The van der Waals surface area contributed by atoms with E-state index in [1.165, 1.54) is 0 Å². The lowest BCUT2D eigenvalue weighted by molar-refractivity contribution is -0.115. The number of halogens is 1. The fraction of sp³-hybridized carbons (Fsp3) is 0.200.